The molecule has 0 fully saturated rings. The Morgan fingerprint density at radius 3 is 1.50 bits per heavy atom. The van der Waals surface area contributed by atoms with E-state index in [0.717, 1.165) is 0 Å². The highest BCUT2D eigenvalue weighted by Crippen LogP contribution is 1.86. The molecule has 2 nitrogen and oxygen atoms in total. The van der Waals surface area contributed by atoms with Gasteiger partial charge in [-0.2, -0.15) is 0 Å². The standard InChI is InChI=1S/C12H8O2/c1-3-9-5-12(8-14)10(4-2)6-11(9)7-13/h5-8H,1-2H2. The van der Waals surface area contributed by atoms with Crippen LogP contribution in [-0.4, -0.2) is 12.6 Å². The average Bonchev–Trinajstić information content (AvgIpc) is 2.26. The van der Waals surface area contributed by atoms with E-state index in [-0.39, 0.29) is 0 Å². The van der Waals surface area contributed by atoms with Crippen LogP contribution in [0.1, 0.15) is 20.7 Å². The Morgan fingerprint density at radius 1 is 0.929 bits per heavy atom. The first-order valence-corrected chi connectivity index (χ1v) is 3.91. The highest BCUT2D eigenvalue weighted by atomic mass is 16.1. The second kappa shape index (κ2) is 4.20. The number of benzene rings is 1. The molecule has 0 N–H and O–H groups in total. The molecule has 0 aliphatic heterocycles. The summed E-state index contributed by atoms with van der Waals surface area (Å²) < 4.78 is 0. The fourth-order valence-electron chi connectivity index (χ4n) is 1.13. The second-order valence-corrected chi connectivity index (χ2v) is 2.62. The number of hydrogen-bond acceptors (Lipinski definition) is 2. The summed E-state index contributed by atoms with van der Waals surface area (Å²) in [6, 6.07) is 3.08. The summed E-state index contributed by atoms with van der Waals surface area (Å²) in [4.78, 5) is 21.3. The summed E-state index contributed by atoms with van der Waals surface area (Å²) in [5.41, 5.74) is 6.02. The molecule has 2 heteroatoms. The third-order valence-corrected chi connectivity index (χ3v) is 1.86. The molecular formula is C12H8O2. The van der Waals surface area contributed by atoms with Gasteiger partial charge in [-0.15, -0.1) is 11.5 Å². The van der Waals surface area contributed by atoms with Gasteiger partial charge in [0.25, 0.3) is 0 Å². The summed E-state index contributed by atoms with van der Waals surface area (Å²) in [6.45, 7) is 6.87. The SMILES string of the molecule is C=C=c1cc(C=O)c(=C=C)cc1C=O. The van der Waals surface area contributed by atoms with E-state index in [1.165, 1.54) is 12.1 Å². The lowest BCUT2D eigenvalue weighted by atomic mass is 10.1. The minimum absolute atomic E-state index is 0.428. The van der Waals surface area contributed by atoms with E-state index in [1.807, 2.05) is 0 Å². The molecule has 1 aromatic rings. The van der Waals surface area contributed by atoms with Crippen molar-refractivity contribution in [1.29, 1.82) is 0 Å². The molecule has 0 spiro atoms. The maximum absolute atomic E-state index is 10.6. The molecule has 0 aliphatic carbocycles. The van der Waals surface area contributed by atoms with Gasteiger partial charge in [0.05, 0.1) is 0 Å². The molecule has 0 aromatic heterocycles. The van der Waals surface area contributed by atoms with Crippen molar-refractivity contribution >= 4 is 24.0 Å². The summed E-state index contributed by atoms with van der Waals surface area (Å²) >= 11 is 0. The van der Waals surface area contributed by atoms with E-state index in [1.54, 1.807) is 0 Å². The second-order valence-electron chi connectivity index (χ2n) is 2.62. The number of rotatable bonds is 2. The lowest BCUT2D eigenvalue weighted by molar-refractivity contribution is 0.111. The van der Waals surface area contributed by atoms with E-state index in [4.69, 9.17) is 0 Å². The summed E-state index contributed by atoms with van der Waals surface area (Å²) in [7, 11) is 0. The Kier molecular flexibility index (Phi) is 2.98. The van der Waals surface area contributed by atoms with Crippen LogP contribution in [-0.2, 0) is 0 Å². The van der Waals surface area contributed by atoms with Crippen LogP contribution < -0.4 is 10.4 Å². The lowest BCUT2D eigenvalue weighted by Gasteiger charge is -1.94. The van der Waals surface area contributed by atoms with Crippen molar-refractivity contribution in [3.63, 3.8) is 0 Å². The Hall–Kier alpha value is -2.14. The molecule has 0 atom stereocenters. The average molecular weight is 184 g/mol. The molecule has 0 radical (unpaired) electrons. The maximum atomic E-state index is 10.6. The van der Waals surface area contributed by atoms with E-state index in [9.17, 15) is 9.59 Å². The fourth-order valence-corrected chi connectivity index (χ4v) is 1.13. The van der Waals surface area contributed by atoms with Crippen LogP contribution in [0.3, 0.4) is 0 Å². The van der Waals surface area contributed by atoms with Crippen molar-refractivity contribution in [3.05, 3.63) is 46.9 Å². The molecule has 0 aliphatic rings. The molecule has 0 saturated heterocycles. The van der Waals surface area contributed by atoms with Crippen molar-refractivity contribution in [1.82, 2.24) is 0 Å². The van der Waals surface area contributed by atoms with Gasteiger partial charge in [0.2, 0.25) is 0 Å². The molecule has 0 bridgehead atoms. The van der Waals surface area contributed by atoms with Crippen molar-refractivity contribution in [2.45, 2.75) is 0 Å². The lowest BCUT2D eigenvalue weighted by Crippen LogP contribution is -2.18. The van der Waals surface area contributed by atoms with Gasteiger partial charge in [-0.1, -0.05) is 13.2 Å². The Labute approximate surface area is 81.2 Å². The summed E-state index contributed by atoms with van der Waals surface area (Å²) in [5.74, 6) is 0. The zero-order valence-corrected chi connectivity index (χ0v) is 7.54. The largest absolute Gasteiger partial charge is 0.298 e. The van der Waals surface area contributed by atoms with Crippen molar-refractivity contribution in [2.75, 3.05) is 0 Å². The van der Waals surface area contributed by atoms with Crippen molar-refractivity contribution < 1.29 is 9.59 Å². The van der Waals surface area contributed by atoms with Crippen LogP contribution in [0.15, 0.2) is 25.3 Å². The van der Waals surface area contributed by atoms with Gasteiger partial charge in [0, 0.05) is 21.6 Å². The third kappa shape index (κ3) is 1.62. The van der Waals surface area contributed by atoms with Gasteiger partial charge in [0.15, 0.2) is 12.6 Å². The van der Waals surface area contributed by atoms with Gasteiger partial charge in [-0.25, -0.2) is 0 Å². The number of hydrogen-bond donors (Lipinski definition) is 0. The highest BCUT2D eigenvalue weighted by molar-refractivity contribution is 5.80. The van der Waals surface area contributed by atoms with E-state index in [2.05, 4.69) is 24.6 Å². The van der Waals surface area contributed by atoms with Crippen LogP contribution in [0.2, 0.25) is 0 Å². The maximum Gasteiger partial charge on any atom is 0.151 e. The van der Waals surface area contributed by atoms with Crippen LogP contribution >= 0.6 is 0 Å². The first kappa shape index (κ1) is 9.94. The predicted molar refractivity (Wildman–Crippen MR) is 54.5 cm³/mol. The van der Waals surface area contributed by atoms with E-state index >= 15 is 0 Å². The molecule has 0 unspecified atom stereocenters. The quantitative estimate of drug-likeness (QED) is 0.625. The third-order valence-electron chi connectivity index (χ3n) is 1.86. The Balaban J connectivity index is 3.88. The minimum atomic E-state index is 0.428. The van der Waals surface area contributed by atoms with Crippen molar-refractivity contribution in [3.8, 4) is 0 Å². The van der Waals surface area contributed by atoms with Gasteiger partial charge in [-0.05, 0) is 12.1 Å². The monoisotopic (exact) mass is 184 g/mol. The summed E-state index contributed by atoms with van der Waals surface area (Å²) in [5, 5.41) is 1.03. The molecule has 68 valence electrons. The van der Waals surface area contributed by atoms with Gasteiger partial charge in [0.1, 0.15) is 0 Å². The molecule has 14 heavy (non-hydrogen) atoms. The predicted octanol–water partition coefficient (Wildman–Crippen LogP) is 0.442. The van der Waals surface area contributed by atoms with Crippen LogP contribution in [0.5, 0.6) is 0 Å². The zero-order chi connectivity index (χ0) is 10.6. The zero-order valence-electron chi connectivity index (χ0n) is 7.54. The minimum Gasteiger partial charge on any atom is -0.298 e. The molecule has 0 amide bonds. The van der Waals surface area contributed by atoms with Gasteiger partial charge in [-0.3, -0.25) is 9.59 Å². The molecular weight excluding hydrogens is 176 g/mol. The first-order valence-electron chi connectivity index (χ1n) is 3.91. The highest BCUT2D eigenvalue weighted by Gasteiger charge is 1.98. The Morgan fingerprint density at radius 2 is 1.29 bits per heavy atom. The molecule has 1 rings (SSSR count). The smallest absolute Gasteiger partial charge is 0.151 e. The number of carbonyl (C=O) groups excluding carboxylic acids is 2. The van der Waals surface area contributed by atoms with Gasteiger partial charge < -0.3 is 0 Å². The number of aldehydes is 2. The topological polar surface area (TPSA) is 34.1 Å². The van der Waals surface area contributed by atoms with Crippen LogP contribution in [0.25, 0.3) is 11.5 Å². The van der Waals surface area contributed by atoms with E-state index in [0.29, 0.717) is 34.1 Å². The fraction of sp³-hybridized carbons (Fsp3) is 0. The number of carbonyl (C=O) groups is 2. The Bertz CT molecular complexity index is 491. The molecule has 1 aromatic carbocycles. The normalized spacial score (nSPS) is 8.57. The van der Waals surface area contributed by atoms with Crippen LogP contribution in [0, 0.1) is 0 Å². The van der Waals surface area contributed by atoms with Crippen molar-refractivity contribution in [2.24, 2.45) is 0 Å². The molecule has 0 saturated carbocycles. The first-order chi connectivity index (χ1) is 6.76. The van der Waals surface area contributed by atoms with E-state index < -0.39 is 0 Å². The van der Waals surface area contributed by atoms with Gasteiger partial charge >= 0.3 is 0 Å². The summed E-state index contributed by atoms with van der Waals surface area (Å²) in [6.07, 6.45) is 1.37. The molecule has 0 heterocycles. The van der Waals surface area contributed by atoms with Crippen LogP contribution in [0.4, 0.5) is 0 Å².